The zero-order valence-electron chi connectivity index (χ0n) is 16.4. The average molecular weight is 366 g/mol. The number of benzene rings is 2. The van der Waals surface area contributed by atoms with Gasteiger partial charge in [-0.3, -0.25) is 9.69 Å². The molecule has 0 aliphatic carbocycles. The van der Waals surface area contributed by atoms with Crippen molar-refractivity contribution in [2.75, 3.05) is 13.1 Å². The number of carbonyl (C=O) groups is 1. The Labute approximate surface area is 162 Å². The highest BCUT2D eigenvalue weighted by molar-refractivity contribution is 5.82. The summed E-state index contributed by atoms with van der Waals surface area (Å²) in [7, 11) is 0. The van der Waals surface area contributed by atoms with E-state index in [9.17, 15) is 4.79 Å². The van der Waals surface area contributed by atoms with Crippen molar-refractivity contribution in [2.24, 2.45) is 11.7 Å². The van der Waals surface area contributed by atoms with Gasteiger partial charge in [-0.1, -0.05) is 61.0 Å². The first-order valence-corrected chi connectivity index (χ1v) is 9.91. The number of hydrogen-bond donors (Lipinski definition) is 2. The summed E-state index contributed by atoms with van der Waals surface area (Å²) in [5.74, 6) is 0.712. The number of aryl methyl sites for hydroxylation is 1. The van der Waals surface area contributed by atoms with Crippen LogP contribution in [0.15, 0.2) is 48.5 Å². The molecule has 144 valence electrons. The van der Waals surface area contributed by atoms with E-state index in [1.165, 1.54) is 31.5 Å². The molecular formula is C23H31N3O. The van der Waals surface area contributed by atoms with Gasteiger partial charge in [0.2, 0.25) is 5.91 Å². The monoisotopic (exact) mass is 365 g/mol. The van der Waals surface area contributed by atoms with Crippen LogP contribution in [-0.4, -0.2) is 23.9 Å². The number of hydrogen-bond acceptors (Lipinski definition) is 3. The predicted octanol–water partition coefficient (Wildman–Crippen LogP) is 3.54. The molecule has 0 saturated carbocycles. The van der Waals surface area contributed by atoms with Crippen LogP contribution >= 0.6 is 0 Å². The molecule has 1 aliphatic rings. The first kappa shape index (κ1) is 19.6. The smallest absolute Gasteiger partial charge is 0.241 e. The van der Waals surface area contributed by atoms with Crippen LogP contribution in [0.3, 0.4) is 0 Å². The lowest BCUT2D eigenvalue weighted by atomic mass is 9.99. The SMILES string of the molecule is Cc1ccc(C(N)C(=O)NCc2ccc(CN3CCC(C)CC3)cc2)cc1. The van der Waals surface area contributed by atoms with E-state index in [0.717, 1.165) is 29.2 Å². The van der Waals surface area contributed by atoms with Crippen LogP contribution in [-0.2, 0) is 17.9 Å². The standard InChI is InChI=1S/C23H31N3O/c1-17-3-9-21(10-4-17)22(24)23(27)25-15-19-5-7-20(8-6-19)16-26-13-11-18(2)12-14-26/h3-10,18,22H,11-16,24H2,1-2H3,(H,25,27). The molecule has 1 atom stereocenters. The normalized spacial score (nSPS) is 16.9. The first-order valence-electron chi connectivity index (χ1n) is 9.91. The van der Waals surface area contributed by atoms with E-state index in [1.54, 1.807) is 0 Å². The lowest BCUT2D eigenvalue weighted by molar-refractivity contribution is -0.122. The highest BCUT2D eigenvalue weighted by atomic mass is 16.2. The zero-order chi connectivity index (χ0) is 19.2. The fourth-order valence-corrected chi connectivity index (χ4v) is 3.47. The minimum absolute atomic E-state index is 0.148. The molecule has 3 N–H and O–H groups in total. The summed E-state index contributed by atoms with van der Waals surface area (Å²) in [6.45, 7) is 8.25. The summed E-state index contributed by atoms with van der Waals surface area (Å²) in [5, 5.41) is 2.94. The molecule has 1 fully saturated rings. The lowest BCUT2D eigenvalue weighted by Gasteiger charge is -2.30. The van der Waals surface area contributed by atoms with Crippen molar-refractivity contribution < 1.29 is 4.79 Å². The summed E-state index contributed by atoms with van der Waals surface area (Å²) in [6.07, 6.45) is 2.59. The lowest BCUT2D eigenvalue weighted by Crippen LogP contribution is -2.33. The number of piperidine rings is 1. The minimum atomic E-state index is -0.633. The van der Waals surface area contributed by atoms with Crippen LogP contribution in [0.1, 0.15) is 48.1 Å². The second-order valence-corrected chi connectivity index (χ2v) is 7.88. The van der Waals surface area contributed by atoms with Gasteiger partial charge in [0.1, 0.15) is 6.04 Å². The van der Waals surface area contributed by atoms with Crippen molar-refractivity contribution in [3.8, 4) is 0 Å². The quantitative estimate of drug-likeness (QED) is 0.823. The van der Waals surface area contributed by atoms with Crippen molar-refractivity contribution >= 4 is 5.91 Å². The molecule has 1 saturated heterocycles. The summed E-state index contributed by atoms with van der Waals surface area (Å²) in [5.41, 5.74) is 10.5. The Morgan fingerprint density at radius 1 is 1.07 bits per heavy atom. The molecule has 27 heavy (non-hydrogen) atoms. The third-order valence-corrected chi connectivity index (χ3v) is 5.49. The van der Waals surface area contributed by atoms with Gasteiger partial charge in [-0.15, -0.1) is 0 Å². The molecule has 4 nitrogen and oxygen atoms in total. The summed E-state index contributed by atoms with van der Waals surface area (Å²) >= 11 is 0. The fraction of sp³-hybridized carbons (Fsp3) is 0.435. The van der Waals surface area contributed by atoms with Crippen LogP contribution in [0.25, 0.3) is 0 Å². The maximum absolute atomic E-state index is 12.3. The molecule has 1 heterocycles. The molecule has 0 radical (unpaired) electrons. The van der Waals surface area contributed by atoms with Gasteiger partial charge < -0.3 is 11.1 Å². The Hall–Kier alpha value is -2.17. The van der Waals surface area contributed by atoms with Crippen molar-refractivity contribution in [3.63, 3.8) is 0 Å². The van der Waals surface area contributed by atoms with Crippen LogP contribution in [0.5, 0.6) is 0 Å². The maximum atomic E-state index is 12.3. The van der Waals surface area contributed by atoms with Crippen LogP contribution < -0.4 is 11.1 Å². The Morgan fingerprint density at radius 2 is 1.67 bits per heavy atom. The van der Waals surface area contributed by atoms with Crippen molar-refractivity contribution in [3.05, 3.63) is 70.8 Å². The third kappa shape index (κ3) is 5.65. The second-order valence-electron chi connectivity index (χ2n) is 7.88. The molecular weight excluding hydrogens is 334 g/mol. The number of likely N-dealkylation sites (tertiary alicyclic amines) is 1. The predicted molar refractivity (Wildman–Crippen MR) is 110 cm³/mol. The van der Waals surface area contributed by atoms with Gasteiger partial charge in [0.15, 0.2) is 0 Å². The summed E-state index contributed by atoms with van der Waals surface area (Å²) in [6, 6.07) is 15.7. The van der Waals surface area contributed by atoms with Gasteiger partial charge in [-0.2, -0.15) is 0 Å². The molecule has 1 amide bonds. The highest BCUT2D eigenvalue weighted by Gasteiger charge is 2.16. The Kier molecular flexibility index (Phi) is 6.64. The van der Waals surface area contributed by atoms with Gasteiger partial charge in [0.05, 0.1) is 0 Å². The van der Waals surface area contributed by atoms with Crippen molar-refractivity contribution in [1.82, 2.24) is 10.2 Å². The first-order chi connectivity index (χ1) is 13.0. The molecule has 3 rings (SSSR count). The van der Waals surface area contributed by atoms with Gasteiger partial charge in [-0.05, 0) is 55.5 Å². The van der Waals surface area contributed by atoms with Crippen LogP contribution in [0.2, 0.25) is 0 Å². The Morgan fingerprint density at radius 3 is 2.30 bits per heavy atom. The molecule has 1 aliphatic heterocycles. The maximum Gasteiger partial charge on any atom is 0.241 e. The minimum Gasteiger partial charge on any atom is -0.350 e. The molecule has 0 bridgehead atoms. The summed E-state index contributed by atoms with van der Waals surface area (Å²) in [4.78, 5) is 14.8. The number of carbonyl (C=O) groups excluding carboxylic acids is 1. The van der Waals surface area contributed by atoms with Gasteiger partial charge in [-0.25, -0.2) is 0 Å². The third-order valence-electron chi connectivity index (χ3n) is 5.49. The molecule has 1 unspecified atom stereocenters. The van der Waals surface area contributed by atoms with Gasteiger partial charge >= 0.3 is 0 Å². The molecule has 0 spiro atoms. The van der Waals surface area contributed by atoms with Crippen molar-refractivity contribution in [1.29, 1.82) is 0 Å². The van der Waals surface area contributed by atoms with E-state index in [0.29, 0.717) is 6.54 Å². The summed E-state index contributed by atoms with van der Waals surface area (Å²) < 4.78 is 0. The van der Waals surface area contributed by atoms with E-state index in [2.05, 4.69) is 41.4 Å². The Balaban J connectivity index is 1.48. The number of nitrogens with two attached hydrogens (primary N) is 1. The molecule has 4 heteroatoms. The van der Waals surface area contributed by atoms with Crippen LogP contribution in [0, 0.1) is 12.8 Å². The largest absolute Gasteiger partial charge is 0.350 e. The van der Waals surface area contributed by atoms with Gasteiger partial charge in [0, 0.05) is 13.1 Å². The Bertz CT molecular complexity index is 731. The molecule has 2 aromatic carbocycles. The number of rotatable bonds is 6. The average Bonchev–Trinajstić information content (AvgIpc) is 2.69. The fourth-order valence-electron chi connectivity index (χ4n) is 3.47. The second kappa shape index (κ2) is 9.16. The van der Waals surface area contributed by atoms with Gasteiger partial charge in [0.25, 0.3) is 0 Å². The molecule has 0 aromatic heterocycles. The van der Waals surface area contributed by atoms with E-state index in [-0.39, 0.29) is 5.91 Å². The number of amides is 1. The van der Waals surface area contributed by atoms with E-state index < -0.39 is 6.04 Å². The highest BCUT2D eigenvalue weighted by Crippen LogP contribution is 2.18. The van der Waals surface area contributed by atoms with Crippen LogP contribution in [0.4, 0.5) is 0 Å². The van der Waals surface area contributed by atoms with Crippen molar-refractivity contribution in [2.45, 2.75) is 45.8 Å². The number of nitrogens with one attached hydrogen (secondary N) is 1. The zero-order valence-corrected chi connectivity index (χ0v) is 16.4. The van der Waals surface area contributed by atoms with E-state index in [4.69, 9.17) is 5.73 Å². The van der Waals surface area contributed by atoms with E-state index >= 15 is 0 Å². The van der Waals surface area contributed by atoms with E-state index in [1.807, 2.05) is 31.2 Å². The topological polar surface area (TPSA) is 58.4 Å². The number of nitrogens with zero attached hydrogens (tertiary/aromatic N) is 1. The molecule has 2 aromatic rings.